The SMILES string of the molecule is CN1c2ccccc2N(C)c2c(CC(=O)O)cccc21. The Morgan fingerprint density at radius 1 is 0.950 bits per heavy atom. The van der Waals surface area contributed by atoms with E-state index in [2.05, 4.69) is 15.9 Å². The minimum atomic E-state index is -0.812. The van der Waals surface area contributed by atoms with E-state index in [4.69, 9.17) is 5.11 Å². The van der Waals surface area contributed by atoms with E-state index in [1.54, 1.807) is 0 Å². The summed E-state index contributed by atoms with van der Waals surface area (Å²) >= 11 is 0. The molecule has 2 aromatic carbocycles. The summed E-state index contributed by atoms with van der Waals surface area (Å²) in [5.74, 6) is -0.812. The molecule has 0 saturated heterocycles. The van der Waals surface area contributed by atoms with Crippen molar-refractivity contribution in [1.29, 1.82) is 0 Å². The first kappa shape index (κ1) is 12.5. The molecule has 0 radical (unpaired) electrons. The summed E-state index contributed by atoms with van der Waals surface area (Å²) in [4.78, 5) is 15.2. The van der Waals surface area contributed by atoms with Gasteiger partial charge in [0, 0.05) is 14.1 Å². The zero-order valence-electron chi connectivity index (χ0n) is 11.5. The highest BCUT2D eigenvalue weighted by molar-refractivity contribution is 5.95. The molecule has 0 aromatic heterocycles. The molecule has 0 spiro atoms. The maximum atomic E-state index is 11.1. The van der Waals surface area contributed by atoms with Crippen molar-refractivity contribution in [2.24, 2.45) is 0 Å². The molecule has 0 unspecified atom stereocenters. The van der Waals surface area contributed by atoms with Crippen molar-refractivity contribution in [2.75, 3.05) is 23.9 Å². The molecular weight excluding hydrogens is 252 g/mol. The van der Waals surface area contributed by atoms with E-state index in [0.29, 0.717) is 0 Å². The molecule has 20 heavy (non-hydrogen) atoms. The molecule has 1 aliphatic heterocycles. The number of fused-ring (bicyclic) bond motifs is 2. The first-order valence-corrected chi connectivity index (χ1v) is 6.50. The molecule has 0 aliphatic carbocycles. The summed E-state index contributed by atoms with van der Waals surface area (Å²) in [6.07, 6.45) is 0.0313. The Morgan fingerprint density at radius 3 is 2.20 bits per heavy atom. The average Bonchev–Trinajstić information content (AvgIpc) is 2.44. The van der Waals surface area contributed by atoms with Crippen LogP contribution in [0.1, 0.15) is 5.56 Å². The van der Waals surface area contributed by atoms with Crippen LogP contribution in [0.5, 0.6) is 0 Å². The molecule has 0 saturated carbocycles. The molecule has 1 aliphatic rings. The predicted molar refractivity (Wildman–Crippen MR) is 80.3 cm³/mol. The topological polar surface area (TPSA) is 43.8 Å². The second-order valence-electron chi connectivity index (χ2n) is 4.96. The minimum absolute atomic E-state index is 0.0313. The summed E-state index contributed by atoms with van der Waals surface area (Å²) < 4.78 is 0. The largest absolute Gasteiger partial charge is 0.481 e. The number of anilines is 4. The van der Waals surface area contributed by atoms with E-state index in [1.807, 2.05) is 50.5 Å². The predicted octanol–water partition coefficient (Wildman–Crippen LogP) is 3.16. The molecule has 0 fully saturated rings. The van der Waals surface area contributed by atoms with Gasteiger partial charge in [-0.1, -0.05) is 24.3 Å². The molecule has 102 valence electrons. The Bertz CT molecular complexity index is 682. The molecule has 0 atom stereocenters. The van der Waals surface area contributed by atoms with Crippen molar-refractivity contribution < 1.29 is 9.90 Å². The van der Waals surface area contributed by atoms with Crippen LogP contribution in [0, 0.1) is 0 Å². The van der Waals surface area contributed by atoms with Gasteiger partial charge in [-0.3, -0.25) is 4.79 Å². The van der Waals surface area contributed by atoms with Crippen LogP contribution in [0.25, 0.3) is 0 Å². The van der Waals surface area contributed by atoms with Gasteiger partial charge in [0.05, 0.1) is 29.2 Å². The van der Waals surface area contributed by atoms with Gasteiger partial charge in [0.2, 0.25) is 0 Å². The number of carboxylic acids is 1. The van der Waals surface area contributed by atoms with Gasteiger partial charge >= 0.3 is 5.97 Å². The maximum absolute atomic E-state index is 11.1. The lowest BCUT2D eigenvalue weighted by atomic mass is 10.0. The number of hydrogen-bond acceptors (Lipinski definition) is 3. The molecule has 4 heteroatoms. The standard InChI is InChI=1S/C16H16N2O2/c1-17-12-7-3-4-8-13(12)18(2)16-11(10-15(19)20)6-5-9-14(16)17/h3-9H,10H2,1-2H3,(H,19,20). The second kappa shape index (κ2) is 4.56. The zero-order chi connectivity index (χ0) is 14.3. The number of para-hydroxylation sites is 3. The van der Waals surface area contributed by atoms with Crippen LogP contribution >= 0.6 is 0 Å². The first-order valence-electron chi connectivity index (χ1n) is 6.50. The van der Waals surface area contributed by atoms with Crippen LogP contribution in [0.15, 0.2) is 42.5 Å². The van der Waals surface area contributed by atoms with E-state index in [-0.39, 0.29) is 6.42 Å². The monoisotopic (exact) mass is 268 g/mol. The van der Waals surface area contributed by atoms with Crippen LogP contribution < -0.4 is 9.80 Å². The number of carboxylic acid groups (broad SMARTS) is 1. The van der Waals surface area contributed by atoms with E-state index < -0.39 is 5.97 Å². The number of aliphatic carboxylic acids is 1. The van der Waals surface area contributed by atoms with Gasteiger partial charge < -0.3 is 14.9 Å². The van der Waals surface area contributed by atoms with Crippen molar-refractivity contribution in [3.05, 3.63) is 48.0 Å². The quantitative estimate of drug-likeness (QED) is 0.908. The van der Waals surface area contributed by atoms with Gasteiger partial charge in [-0.2, -0.15) is 0 Å². The van der Waals surface area contributed by atoms with Gasteiger partial charge in [-0.15, -0.1) is 0 Å². The summed E-state index contributed by atoms with van der Waals surface area (Å²) in [5.41, 5.74) is 5.04. The Morgan fingerprint density at radius 2 is 1.55 bits per heavy atom. The fourth-order valence-electron chi connectivity index (χ4n) is 2.82. The van der Waals surface area contributed by atoms with Crippen molar-refractivity contribution in [3.8, 4) is 0 Å². The van der Waals surface area contributed by atoms with Gasteiger partial charge in [0.1, 0.15) is 0 Å². The summed E-state index contributed by atoms with van der Waals surface area (Å²) in [6, 6.07) is 13.9. The lowest BCUT2D eigenvalue weighted by Crippen LogP contribution is -2.25. The van der Waals surface area contributed by atoms with Crippen molar-refractivity contribution >= 4 is 28.7 Å². The van der Waals surface area contributed by atoms with Crippen LogP contribution in [-0.2, 0) is 11.2 Å². The smallest absolute Gasteiger partial charge is 0.307 e. The summed E-state index contributed by atoms with van der Waals surface area (Å²) in [5, 5.41) is 9.08. The van der Waals surface area contributed by atoms with Gasteiger partial charge in [0.15, 0.2) is 0 Å². The lowest BCUT2D eigenvalue weighted by Gasteiger charge is -2.37. The third-order valence-corrected chi connectivity index (χ3v) is 3.74. The fourth-order valence-corrected chi connectivity index (χ4v) is 2.82. The normalized spacial score (nSPS) is 12.9. The number of carbonyl (C=O) groups is 1. The van der Waals surface area contributed by atoms with Crippen LogP contribution in [0.2, 0.25) is 0 Å². The van der Waals surface area contributed by atoms with Crippen molar-refractivity contribution in [1.82, 2.24) is 0 Å². The third kappa shape index (κ3) is 1.81. The second-order valence-corrected chi connectivity index (χ2v) is 4.96. The Labute approximate surface area is 117 Å². The molecule has 4 nitrogen and oxygen atoms in total. The highest BCUT2D eigenvalue weighted by Gasteiger charge is 2.26. The molecule has 1 heterocycles. The molecule has 3 rings (SSSR count). The van der Waals surface area contributed by atoms with Crippen LogP contribution in [0.4, 0.5) is 22.7 Å². The molecular formula is C16H16N2O2. The van der Waals surface area contributed by atoms with Crippen LogP contribution in [0.3, 0.4) is 0 Å². The number of benzene rings is 2. The molecule has 1 N–H and O–H groups in total. The molecule has 0 bridgehead atoms. The highest BCUT2D eigenvalue weighted by atomic mass is 16.4. The Kier molecular flexibility index (Phi) is 2.86. The summed E-state index contributed by atoms with van der Waals surface area (Å²) in [7, 11) is 3.99. The maximum Gasteiger partial charge on any atom is 0.307 e. The number of rotatable bonds is 2. The third-order valence-electron chi connectivity index (χ3n) is 3.74. The fraction of sp³-hybridized carbons (Fsp3) is 0.188. The van der Waals surface area contributed by atoms with E-state index in [1.165, 1.54) is 0 Å². The first-order chi connectivity index (χ1) is 9.59. The Hall–Kier alpha value is -2.49. The van der Waals surface area contributed by atoms with Crippen molar-refractivity contribution in [3.63, 3.8) is 0 Å². The van der Waals surface area contributed by atoms with Gasteiger partial charge in [-0.05, 0) is 23.8 Å². The average molecular weight is 268 g/mol. The highest BCUT2D eigenvalue weighted by Crippen LogP contribution is 2.47. The number of nitrogens with zero attached hydrogens (tertiary/aromatic N) is 2. The van der Waals surface area contributed by atoms with Crippen molar-refractivity contribution in [2.45, 2.75) is 6.42 Å². The Balaban J connectivity index is 2.20. The molecule has 2 aromatic rings. The van der Waals surface area contributed by atoms with E-state index >= 15 is 0 Å². The number of hydrogen-bond donors (Lipinski definition) is 1. The lowest BCUT2D eigenvalue weighted by molar-refractivity contribution is -0.136. The minimum Gasteiger partial charge on any atom is -0.481 e. The molecule has 0 amide bonds. The van der Waals surface area contributed by atoms with E-state index in [0.717, 1.165) is 28.3 Å². The zero-order valence-corrected chi connectivity index (χ0v) is 11.5. The van der Waals surface area contributed by atoms with Gasteiger partial charge in [-0.25, -0.2) is 0 Å². The van der Waals surface area contributed by atoms with E-state index in [9.17, 15) is 4.79 Å². The van der Waals surface area contributed by atoms with Crippen LogP contribution in [-0.4, -0.2) is 25.2 Å². The summed E-state index contributed by atoms with van der Waals surface area (Å²) in [6.45, 7) is 0. The van der Waals surface area contributed by atoms with Gasteiger partial charge in [0.25, 0.3) is 0 Å².